The third-order valence-electron chi connectivity index (χ3n) is 6.98. The molecule has 0 aliphatic carbocycles. The molecule has 0 spiro atoms. The zero-order chi connectivity index (χ0) is 23.2. The molecule has 9 nitrogen and oxygen atoms in total. The lowest BCUT2D eigenvalue weighted by Gasteiger charge is -2.37. The first-order valence-corrected chi connectivity index (χ1v) is 11.6. The van der Waals surface area contributed by atoms with E-state index in [0.717, 1.165) is 18.7 Å². The van der Waals surface area contributed by atoms with E-state index in [9.17, 15) is 14.3 Å². The van der Waals surface area contributed by atoms with Crippen LogP contribution in [0.25, 0.3) is 11.0 Å². The molecule has 1 saturated heterocycles. The SMILES string of the molecule is Cl.O=c1ccc2ncc(F)c3c2n1CC3CN1CC[C@H](NCc2cc3c(cn2)OCCO3)[C@H](O)C1. The molecule has 1 unspecified atom stereocenters. The van der Waals surface area contributed by atoms with Crippen LogP contribution in [0.1, 0.15) is 23.6 Å². The minimum Gasteiger partial charge on any atom is -0.486 e. The van der Waals surface area contributed by atoms with Crippen molar-refractivity contribution in [1.82, 2.24) is 24.8 Å². The van der Waals surface area contributed by atoms with Crippen LogP contribution in [-0.4, -0.2) is 69.5 Å². The fourth-order valence-electron chi connectivity index (χ4n) is 5.33. The minimum atomic E-state index is -0.570. The first kappa shape index (κ1) is 23.9. The minimum absolute atomic E-state index is 0. The largest absolute Gasteiger partial charge is 0.486 e. The number of aliphatic hydroxyl groups excluding tert-OH is 1. The van der Waals surface area contributed by atoms with Crippen molar-refractivity contribution in [2.24, 2.45) is 0 Å². The maximum atomic E-state index is 14.7. The Bertz CT molecular complexity index is 1300. The molecule has 0 bridgehead atoms. The van der Waals surface area contributed by atoms with E-state index in [2.05, 4.69) is 20.2 Å². The van der Waals surface area contributed by atoms with Gasteiger partial charge in [-0.15, -0.1) is 12.4 Å². The van der Waals surface area contributed by atoms with Crippen molar-refractivity contribution in [1.29, 1.82) is 0 Å². The van der Waals surface area contributed by atoms with Crippen molar-refractivity contribution in [3.05, 3.63) is 58.0 Å². The number of piperidine rings is 1. The average Bonchev–Trinajstić information content (AvgIpc) is 3.23. The van der Waals surface area contributed by atoms with Crippen LogP contribution in [-0.2, 0) is 13.1 Å². The van der Waals surface area contributed by atoms with Crippen molar-refractivity contribution in [3.8, 4) is 11.5 Å². The van der Waals surface area contributed by atoms with Crippen LogP contribution in [0.4, 0.5) is 4.39 Å². The second-order valence-electron chi connectivity index (χ2n) is 9.16. The summed E-state index contributed by atoms with van der Waals surface area (Å²) >= 11 is 0. The summed E-state index contributed by atoms with van der Waals surface area (Å²) in [5.41, 5.74) is 2.47. The Labute approximate surface area is 207 Å². The van der Waals surface area contributed by atoms with Crippen LogP contribution in [0, 0.1) is 5.82 Å². The zero-order valence-electron chi connectivity index (χ0n) is 19.0. The first-order valence-electron chi connectivity index (χ1n) is 11.6. The van der Waals surface area contributed by atoms with Crippen molar-refractivity contribution in [2.45, 2.75) is 37.6 Å². The summed E-state index contributed by atoms with van der Waals surface area (Å²) in [5, 5.41) is 14.2. The molecule has 3 atom stereocenters. The molecular formula is C24H27ClFN5O4. The molecule has 3 aromatic rings. The summed E-state index contributed by atoms with van der Waals surface area (Å²) in [6.45, 7) is 3.81. The molecule has 0 saturated carbocycles. The number of fused-ring (bicyclic) bond motifs is 1. The number of aliphatic hydroxyl groups is 1. The van der Waals surface area contributed by atoms with Crippen LogP contribution in [0.5, 0.6) is 11.5 Å². The van der Waals surface area contributed by atoms with Crippen molar-refractivity contribution >= 4 is 23.4 Å². The summed E-state index contributed by atoms with van der Waals surface area (Å²) in [6.07, 6.45) is 3.09. The molecule has 0 radical (unpaired) electrons. The van der Waals surface area contributed by atoms with Gasteiger partial charge in [0.2, 0.25) is 0 Å². The van der Waals surface area contributed by atoms with E-state index in [-0.39, 0.29) is 35.7 Å². The Morgan fingerprint density at radius 3 is 2.80 bits per heavy atom. The second-order valence-corrected chi connectivity index (χ2v) is 9.16. The van der Waals surface area contributed by atoms with Gasteiger partial charge in [-0.1, -0.05) is 0 Å². The number of hydrogen-bond donors (Lipinski definition) is 2. The normalized spacial score (nSPS) is 23.3. The van der Waals surface area contributed by atoms with Gasteiger partial charge in [0, 0.05) is 55.8 Å². The Kier molecular flexibility index (Phi) is 6.63. The fourth-order valence-corrected chi connectivity index (χ4v) is 5.33. The smallest absolute Gasteiger partial charge is 0.251 e. The predicted octanol–water partition coefficient (Wildman–Crippen LogP) is 1.45. The number of pyridine rings is 3. The third-order valence-corrected chi connectivity index (χ3v) is 6.98. The monoisotopic (exact) mass is 503 g/mol. The average molecular weight is 504 g/mol. The molecule has 0 aromatic carbocycles. The maximum absolute atomic E-state index is 14.7. The van der Waals surface area contributed by atoms with Gasteiger partial charge in [0.1, 0.15) is 19.0 Å². The van der Waals surface area contributed by atoms with Crippen LogP contribution >= 0.6 is 12.4 Å². The van der Waals surface area contributed by atoms with Gasteiger partial charge in [-0.05, 0) is 19.0 Å². The summed E-state index contributed by atoms with van der Waals surface area (Å²) in [4.78, 5) is 23.0. The number of ether oxygens (including phenoxy) is 2. The van der Waals surface area contributed by atoms with Gasteiger partial charge in [0.15, 0.2) is 11.5 Å². The van der Waals surface area contributed by atoms with E-state index < -0.39 is 6.10 Å². The maximum Gasteiger partial charge on any atom is 0.251 e. The van der Waals surface area contributed by atoms with Crippen molar-refractivity contribution in [3.63, 3.8) is 0 Å². The lowest BCUT2D eigenvalue weighted by atomic mass is 9.97. The summed E-state index contributed by atoms with van der Waals surface area (Å²) < 4.78 is 27.5. The molecular weight excluding hydrogens is 477 g/mol. The van der Waals surface area contributed by atoms with E-state index in [0.29, 0.717) is 67.5 Å². The molecule has 6 heterocycles. The molecule has 1 fully saturated rings. The molecule has 3 aromatic heterocycles. The number of nitrogens with one attached hydrogen (secondary N) is 1. The fraction of sp³-hybridized carbons (Fsp3) is 0.458. The Hall–Kier alpha value is -2.79. The number of likely N-dealkylation sites (tertiary alicyclic amines) is 1. The van der Waals surface area contributed by atoms with E-state index in [1.165, 1.54) is 12.3 Å². The summed E-state index contributed by atoms with van der Waals surface area (Å²) in [6, 6.07) is 4.93. The predicted molar refractivity (Wildman–Crippen MR) is 129 cm³/mol. The van der Waals surface area contributed by atoms with Crippen molar-refractivity contribution in [2.75, 3.05) is 32.8 Å². The Morgan fingerprint density at radius 1 is 1.14 bits per heavy atom. The molecule has 186 valence electrons. The van der Waals surface area contributed by atoms with Gasteiger partial charge >= 0.3 is 0 Å². The molecule has 3 aliphatic heterocycles. The molecule has 11 heteroatoms. The lowest BCUT2D eigenvalue weighted by Crippen LogP contribution is -2.53. The third kappa shape index (κ3) is 4.47. The van der Waals surface area contributed by atoms with Gasteiger partial charge in [-0.3, -0.25) is 19.7 Å². The summed E-state index contributed by atoms with van der Waals surface area (Å²) in [5.74, 6) is 0.822. The first-order chi connectivity index (χ1) is 16.6. The summed E-state index contributed by atoms with van der Waals surface area (Å²) in [7, 11) is 0. The molecule has 35 heavy (non-hydrogen) atoms. The van der Waals surface area contributed by atoms with Crippen molar-refractivity contribution < 1.29 is 19.0 Å². The molecule has 6 rings (SSSR count). The highest BCUT2D eigenvalue weighted by molar-refractivity contribution is 5.85. The zero-order valence-corrected chi connectivity index (χ0v) is 19.8. The van der Waals surface area contributed by atoms with Crippen LogP contribution in [0.15, 0.2) is 35.4 Å². The van der Waals surface area contributed by atoms with Gasteiger partial charge in [0.25, 0.3) is 5.56 Å². The Morgan fingerprint density at radius 2 is 1.97 bits per heavy atom. The molecule has 0 amide bonds. The van der Waals surface area contributed by atoms with E-state index in [1.807, 2.05) is 6.07 Å². The van der Waals surface area contributed by atoms with Crippen LogP contribution < -0.4 is 20.3 Å². The second kappa shape index (κ2) is 9.69. The standard InChI is InChI=1S/C24H26FN5O4.ClH/c25-16-9-28-18-1-2-22(32)30-12-14(23(16)24(18)30)11-29-4-3-17(19(31)13-29)27-8-15-7-20-21(10-26-15)34-6-5-33-20;/h1-2,7,9-10,14,17,19,27,31H,3-6,8,11-13H2;1H/t14?,17-,19+;/m0./s1. The topological polar surface area (TPSA) is 102 Å². The lowest BCUT2D eigenvalue weighted by molar-refractivity contribution is 0.0367. The van der Waals surface area contributed by atoms with Gasteiger partial charge in [-0.25, -0.2) is 4.39 Å². The van der Waals surface area contributed by atoms with E-state index in [4.69, 9.17) is 9.47 Å². The highest BCUT2D eigenvalue weighted by atomic mass is 35.5. The van der Waals surface area contributed by atoms with E-state index in [1.54, 1.807) is 16.8 Å². The number of halogens is 2. The number of rotatable bonds is 5. The van der Waals surface area contributed by atoms with Gasteiger partial charge in [-0.2, -0.15) is 0 Å². The van der Waals surface area contributed by atoms with Crippen LogP contribution in [0.2, 0.25) is 0 Å². The van der Waals surface area contributed by atoms with Gasteiger partial charge < -0.3 is 24.5 Å². The number of nitrogens with zero attached hydrogens (tertiary/aromatic N) is 4. The van der Waals surface area contributed by atoms with Gasteiger partial charge in [0.05, 0.1) is 35.2 Å². The number of β-amino-alcohol motifs (C(OH)–C–C–N with tert-alkyl or cyclic N) is 1. The highest BCUT2D eigenvalue weighted by Gasteiger charge is 2.34. The van der Waals surface area contributed by atoms with E-state index >= 15 is 0 Å². The number of aromatic nitrogens is 3. The molecule has 3 aliphatic rings. The van der Waals surface area contributed by atoms with Crippen LogP contribution in [0.3, 0.4) is 0 Å². The molecule has 2 N–H and O–H groups in total. The highest BCUT2D eigenvalue weighted by Crippen LogP contribution is 2.35. The Balaban J connectivity index is 0.00000253. The quantitative estimate of drug-likeness (QED) is 0.539. The number of hydrogen-bond acceptors (Lipinski definition) is 8.